The van der Waals surface area contributed by atoms with Gasteiger partial charge in [-0.25, -0.2) is 0 Å². The number of carbonyl (C=O) groups is 2. The summed E-state index contributed by atoms with van der Waals surface area (Å²) in [5.41, 5.74) is 2.15. The minimum atomic E-state index is -0.0421. The standard InChI is InChI=1S/C22H30N2O2/c1-16-3-7-18(8-4-16)21(26)23-12-11-22(14-23)13-20(25)24(15-22)19-9-5-17(2)6-10-19/h5-6,9-10,16,18H,3-4,7-8,11-15H2,1-2H3. The molecule has 0 bridgehead atoms. The summed E-state index contributed by atoms with van der Waals surface area (Å²) < 4.78 is 0. The van der Waals surface area contributed by atoms with Crippen LogP contribution in [0.4, 0.5) is 5.69 Å². The largest absolute Gasteiger partial charge is 0.342 e. The first kappa shape index (κ1) is 17.6. The molecule has 2 heterocycles. The molecule has 1 saturated carbocycles. The van der Waals surface area contributed by atoms with Crippen molar-refractivity contribution in [1.29, 1.82) is 0 Å². The van der Waals surface area contributed by atoms with Crippen molar-refractivity contribution in [2.45, 2.75) is 52.4 Å². The van der Waals surface area contributed by atoms with Gasteiger partial charge in [0.25, 0.3) is 0 Å². The number of hydrogen-bond acceptors (Lipinski definition) is 2. The number of hydrogen-bond donors (Lipinski definition) is 0. The fourth-order valence-corrected chi connectivity index (χ4v) is 5.02. The number of likely N-dealkylation sites (tertiary alicyclic amines) is 1. The van der Waals surface area contributed by atoms with E-state index >= 15 is 0 Å². The second-order valence-corrected chi connectivity index (χ2v) is 8.96. The summed E-state index contributed by atoms with van der Waals surface area (Å²) in [5, 5.41) is 0. The van der Waals surface area contributed by atoms with Gasteiger partial charge in [0, 0.05) is 43.1 Å². The lowest BCUT2D eigenvalue weighted by atomic mass is 9.82. The first-order valence-electron chi connectivity index (χ1n) is 10.1. The fourth-order valence-electron chi connectivity index (χ4n) is 5.02. The summed E-state index contributed by atoms with van der Waals surface area (Å²) in [6.45, 7) is 6.67. The number of nitrogens with zero attached hydrogens (tertiary/aromatic N) is 2. The number of anilines is 1. The molecule has 0 aromatic heterocycles. The Bertz CT molecular complexity index is 691. The molecule has 0 radical (unpaired) electrons. The molecule has 26 heavy (non-hydrogen) atoms. The maximum atomic E-state index is 12.9. The molecular weight excluding hydrogens is 324 g/mol. The van der Waals surface area contributed by atoms with Crippen LogP contribution in [-0.2, 0) is 9.59 Å². The number of carbonyl (C=O) groups excluding carboxylic acids is 2. The highest BCUT2D eigenvalue weighted by atomic mass is 16.2. The van der Waals surface area contributed by atoms with Crippen LogP contribution in [0.2, 0.25) is 0 Å². The van der Waals surface area contributed by atoms with Gasteiger partial charge in [-0.15, -0.1) is 0 Å². The molecule has 4 heteroatoms. The Morgan fingerprint density at radius 2 is 1.77 bits per heavy atom. The van der Waals surface area contributed by atoms with Crippen molar-refractivity contribution in [3.05, 3.63) is 29.8 Å². The average molecular weight is 354 g/mol. The monoisotopic (exact) mass is 354 g/mol. The Morgan fingerprint density at radius 1 is 1.08 bits per heavy atom. The average Bonchev–Trinajstić information content (AvgIpc) is 3.19. The normalized spacial score (nSPS) is 31.8. The Kier molecular flexibility index (Phi) is 4.54. The molecule has 1 aliphatic carbocycles. The molecule has 4 nitrogen and oxygen atoms in total. The van der Waals surface area contributed by atoms with E-state index in [0.717, 1.165) is 50.5 Å². The van der Waals surface area contributed by atoms with Gasteiger partial charge < -0.3 is 9.80 Å². The van der Waals surface area contributed by atoms with Gasteiger partial charge in [-0.2, -0.15) is 0 Å². The van der Waals surface area contributed by atoms with Crippen LogP contribution in [0.25, 0.3) is 0 Å². The SMILES string of the molecule is Cc1ccc(N2CC3(CCN(C(=O)C4CCC(C)CC4)C3)CC2=O)cc1. The zero-order valence-electron chi connectivity index (χ0n) is 16.0. The summed E-state index contributed by atoms with van der Waals surface area (Å²) in [6, 6.07) is 8.19. The molecule has 1 atom stereocenters. The van der Waals surface area contributed by atoms with Crippen molar-refractivity contribution < 1.29 is 9.59 Å². The van der Waals surface area contributed by atoms with Gasteiger partial charge in [-0.1, -0.05) is 24.6 Å². The molecule has 3 aliphatic rings. The molecule has 2 aliphatic heterocycles. The van der Waals surface area contributed by atoms with Crippen LogP contribution < -0.4 is 4.90 Å². The first-order valence-corrected chi connectivity index (χ1v) is 10.1. The van der Waals surface area contributed by atoms with Crippen molar-refractivity contribution in [3.63, 3.8) is 0 Å². The van der Waals surface area contributed by atoms with Crippen molar-refractivity contribution in [2.24, 2.45) is 17.3 Å². The van der Waals surface area contributed by atoms with Gasteiger partial charge in [0.05, 0.1) is 0 Å². The van der Waals surface area contributed by atoms with E-state index in [2.05, 4.69) is 30.9 Å². The lowest BCUT2D eigenvalue weighted by Gasteiger charge is -2.30. The van der Waals surface area contributed by atoms with Gasteiger partial charge in [0.15, 0.2) is 0 Å². The maximum absolute atomic E-state index is 12.9. The van der Waals surface area contributed by atoms with Gasteiger partial charge >= 0.3 is 0 Å². The molecule has 2 amide bonds. The third kappa shape index (κ3) is 3.26. The van der Waals surface area contributed by atoms with E-state index in [1.807, 2.05) is 17.0 Å². The second kappa shape index (κ2) is 6.71. The third-order valence-electron chi connectivity index (χ3n) is 6.78. The quantitative estimate of drug-likeness (QED) is 0.811. The van der Waals surface area contributed by atoms with Gasteiger partial charge in [-0.3, -0.25) is 9.59 Å². The van der Waals surface area contributed by atoms with Crippen LogP contribution in [0.1, 0.15) is 51.0 Å². The summed E-state index contributed by atoms with van der Waals surface area (Å²) in [6.07, 6.45) is 5.96. The molecule has 1 aromatic carbocycles. The van der Waals surface area contributed by atoms with Crippen LogP contribution in [0.15, 0.2) is 24.3 Å². The van der Waals surface area contributed by atoms with Crippen LogP contribution >= 0.6 is 0 Å². The summed E-state index contributed by atoms with van der Waals surface area (Å²) in [7, 11) is 0. The predicted octanol–water partition coefficient (Wildman–Crippen LogP) is 3.78. The minimum absolute atomic E-state index is 0.0421. The van der Waals surface area contributed by atoms with E-state index in [-0.39, 0.29) is 17.2 Å². The molecule has 140 valence electrons. The zero-order chi connectivity index (χ0) is 18.3. The first-order chi connectivity index (χ1) is 12.5. The molecule has 1 unspecified atom stereocenters. The summed E-state index contributed by atoms with van der Waals surface area (Å²) in [5.74, 6) is 1.52. The Hall–Kier alpha value is -1.84. The van der Waals surface area contributed by atoms with Crippen LogP contribution in [0, 0.1) is 24.2 Å². The van der Waals surface area contributed by atoms with Crippen molar-refractivity contribution in [3.8, 4) is 0 Å². The second-order valence-electron chi connectivity index (χ2n) is 8.96. The predicted molar refractivity (Wildman–Crippen MR) is 103 cm³/mol. The molecule has 1 aromatic rings. The van der Waals surface area contributed by atoms with Crippen molar-refractivity contribution in [1.82, 2.24) is 4.90 Å². The molecule has 4 rings (SSSR count). The minimum Gasteiger partial charge on any atom is -0.342 e. The Balaban J connectivity index is 1.42. The lowest BCUT2D eigenvalue weighted by Crippen LogP contribution is -2.38. The van der Waals surface area contributed by atoms with Crippen molar-refractivity contribution >= 4 is 17.5 Å². The highest BCUT2D eigenvalue weighted by Crippen LogP contribution is 2.43. The Labute approximate surface area is 156 Å². The molecule has 0 N–H and O–H groups in total. The van der Waals surface area contributed by atoms with Gasteiger partial charge in [0.2, 0.25) is 11.8 Å². The molecule has 1 spiro atoms. The van der Waals surface area contributed by atoms with Crippen LogP contribution in [0.5, 0.6) is 0 Å². The molecular formula is C22H30N2O2. The number of benzene rings is 1. The maximum Gasteiger partial charge on any atom is 0.227 e. The van der Waals surface area contributed by atoms with E-state index in [1.54, 1.807) is 0 Å². The van der Waals surface area contributed by atoms with E-state index in [4.69, 9.17) is 0 Å². The molecule has 2 saturated heterocycles. The highest BCUT2D eigenvalue weighted by molar-refractivity contribution is 5.96. The number of rotatable bonds is 2. The van der Waals surface area contributed by atoms with Gasteiger partial charge in [0.1, 0.15) is 0 Å². The fraction of sp³-hybridized carbons (Fsp3) is 0.636. The van der Waals surface area contributed by atoms with Crippen LogP contribution in [-0.4, -0.2) is 36.3 Å². The van der Waals surface area contributed by atoms with E-state index in [1.165, 1.54) is 18.4 Å². The van der Waals surface area contributed by atoms with Crippen molar-refractivity contribution in [2.75, 3.05) is 24.5 Å². The highest BCUT2D eigenvalue weighted by Gasteiger charge is 2.49. The number of amides is 2. The zero-order valence-corrected chi connectivity index (χ0v) is 16.0. The summed E-state index contributed by atoms with van der Waals surface area (Å²) >= 11 is 0. The Morgan fingerprint density at radius 3 is 2.46 bits per heavy atom. The van der Waals surface area contributed by atoms with Crippen LogP contribution in [0.3, 0.4) is 0 Å². The van der Waals surface area contributed by atoms with Gasteiger partial charge in [-0.05, 0) is 57.1 Å². The van der Waals surface area contributed by atoms with E-state index in [9.17, 15) is 9.59 Å². The number of aryl methyl sites for hydroxylation is 1. The smallest absolute Gasteiger partial charge is 0.227 e. The van der Waals surface area contributed by atoms with E-state index in [0.29, 0.717) is 12.3 Å². The van der Waals surface area contributed by atoms with E-state index < -0.39 is 0 Å². The topological polar surface area (TPSA) is 40.6 Å². The molecule has 3 fully saturated rings. The summed E-state index contributed by atoms with van der Waals surface area (Å²) in [4.78, 5) is 29.6. The third-order valence-corrected chi connectivity index (χ3v) is 6.78. The lowest BCUT2D eigenvalue weighted by molar-refractivity contribution is -0.136.